The van der Waals surface area contributed by atoms with E-state index in [-0.39, 0.29) is 18.0 Å². The number of aromatic nitrogens is 1. The molecule has 0 aliphatic carbocycles. The van der Waals surface area contributed by atoms with Crippen molar-refractivity contribution in [2.45, 2.75) is 20.3 Å². The smallest absolute Gasteiger partial charge is 0.280 e. The zero-order chi connectivity index (χ0) is 15.1. The van der Waals surface area contributed by atoms with Gasteiger partial charge >= 0.3 is 0 Å². The molecule has 20 heavy (non-hydrogen) atoms. The second kappa shape index (κ2) is 7.44. The van der Waals surface area contributed by atoms with E-state index >= 15 is 0 Å². The molecule has 0 aliphatic rings. The van der Waals surface area contributed by atoms with E-state index in [4.69, 9.17) is 10.5 Å². The number of nitrogens with one attached hydrogen (secondary N) is 1. The van der Waals surface area contributed by atoms with Gasteiger partial charge in [0, 0.05) is 12.3 Å². The number of hydrogen-bond donors (Lipinski definition) is 3. The molecule has 110 valence electrons. The van der Waals surface area contributed by atoms with Crippen LogP contribution in [0.3, 0.4) is 0 Å². The lowest BCUT2D eigenvalue weighted by Gasteiger charge is -2.11. The molecule has 1 heterocycles. The highest BCUT2D eigenvalue weighted by atomic mass is 16.5. The van der Waals surface area contributed by atoms with E-state index in [0.29, 0.717) is 12.5 Å². The second-order valence-electron chi connectivity index (χ2n) is 4.62. The van der Waals surface area contributed by atoms with E-state index in [1.54, 1.807) is 0 Å². The van der Waals surface area contributed by atoms with Crippen LogP contribution in [-0.4, -0.2) is 35.1 Å². The van der Waals surface area contributed by atoms with Gasteiger partial charge in [-0.15, -0.1) is 0 Å². The number of carbonyl (C=O) groups is 2. The Labute approximate surface area is 117 Å². The Kier molecular flexibility index (Phi) is 5.92. The van der Waals surface area contributed by atoms with Crippen LogP contribution in [0.1, 0.15) is 30.8 Å². The molecule has 1 aromatic heterocycles. The van der Waals surface area contributed by atoms with Crippen molar-refractivity contribution in [3.8, 4) is 11.5 Å². The van der Waals surface area contributed by atoms with Crippen molar-refractivity contribution in [2.75, 3.05) is 13.2 Å². The third kappa shape index (κ3) is 4.51. The molecule has 0 aliphatic heterocycles. The zero-order valence-corrected chi connectivity index (χ0v) is 11.5. The quantitative estimate of drug-likeness (QED) is 0.696. The summed E-state index contributed by atoms with van der Waals surface area (Å²) >= 11 is 0. The highest BCUT2D eigenvalue weighted by molar-refractivity contribution is 6.05. The summed E-state index contributed by atoms with van der Waals surface area (Å²) in [6.07, 6.45) is 2.14. The van der Waals surface area contributed by atoms with Crippen LogP contribution in [0.25, 0.3) is 0 Å². The van der Waals surface area contributed by atoms with E-state index in [9.17, 15) is 14.7 Å². The lowest BCUT2D eigenvalue weighted by molar-refractivity contribution is -0.118. The molecule has 7 heteroatoms. The van der Waals surface area contributed by atoms with Crippen LogP contribution in [0.4, 0.5) is 0 Å². The normalized spacial score (nSPS) is 10.4. The molecule has 0 saturated carbocycles. The molecule has 2 amide bonds. The van der Waals surface area contributed by atoms with E-state index in [0.717, 1.165) is 6.42 Å². The third-order valence-corrected chi connectivity index (χ3v) is 2.49. The number of hydrogen-bond acceptors (Lipinski definition) is 6. The van der Waals surface area contributed by atoms with Crippen LogP contribution < -0.4 is 15.8 Å². The second-order valence-corrected chi connectivity index (χ2v) is 4.62. The molecule has 0 spiro atoms. The van der Waals surface area contributed by atoms with Crippen molar-refractivity contribution in [2.24, 2.45) is 11.7 Å². The van der Waals surface area contributed by atoms with Gasteiger partial charge in [-0.2, -0.15) is 0 Å². The molecule has 0 atom stereocenters. The van der Waals surface area contributed by atoms with Crippen molar-refractivity contribution in [3.63, 3.8) is 0 Å². The lowest BCUT2D eigenvalue weighted by Crippen LogP contribution is -2.35. The number of ether oxygens (including phenoxy) is 1. The Balaban J connectivity index is 2.78. The molecule has 0 radical (unpaired) electrons. The van der Waals surface area contributed by atoms with Gasteiger partial charge in [0.2, 0.25) is 5.91 Å². The van der Waals surface area contributed by atoms with E-state index in [1.807, 2.05) is 19.2 Å². The summed E-state index contributed by atoms with van der Waals surface area (Å²) < 4.78 is 5.39. The van der Waals surface area contributed by atoms with Crippen LogP contribution >= 0.6 is 0 Å². The Bertz CT molecular complexity index is 489. The maximum atomic E-state index is 11.7. The third-order valence-electron chi connectivity index (χ3n) is 2.49. The minimum absolute atomic E-state index is 0.158. The van der Waals surface area contributed by atoms with Gasteiger partial charge in [0.25, 0.3) is 5.91 Å². The van der Waals surface area contributed by atoms with Crippen molar-refractivity contribution in [3.05, 3.63) is 18.0 Å². The topological polar surface area (TPSA) is 115 Å². The number of pyridine rings is 1. The molecule has 0 bridgehead atoms. The highest BCUT2D eigenvalue weighted by Gasteiger charge is 2.18. The maximum Gasteiger partial charge on any atom is 0.280 e. The maximum absolute atomic E-state index is 11.7. The van der Waals surface area contributed by atoms with E-state index in [2.05, 4.69) is 4.98 Å². The monoisotopic (exact) mass is 281 g/mol. The Morgan fingerprint density at radius 3 is 2.80 bits per heavy atom. The molecule has 0 saturated heterocycles. The molecule has 1 rings (SSSR count). The first-order chi connectivity index (χ1) is 9.45. The van der Waals surface area contributed by atoms with Gasteiger partial charge < -0.3 is 15.6 Å². The van der Waals surface area contributed by atoms with Crippen LogP contribution in [-0.2, 0) is 4.79 Å². The minimum Gasteiger partial charge on any atom is -0.503 e. The average Bonchev–Trinajstić information content (AvgIpc) is 2.40. The predicted octanol–water partition coefficient (Wildman–Crippen LogP) is 0.427. The van der Waals surface area contributed by atoms with Gasteiger partial charge in [0.15, 0.2) is 17.2 Å². The summed E-state index contributed by atoms with van der Waals surface area (Å²) in [5.74, 6) is -1.23. The Hall–Kier alpha value is -2.15. The van der Waals surface area contributed by atoms with Gasteiger partial charge in [0.05, 0.1) is 13.2 Å². The van der Waals surface area contributed by atoms with Gasteiger partial charge in [-0.3, -0.25) is 14.9 Å². The number of nitrogens with two attached hydrogens (primary N) is 1. The van der Waals surface area contributed by atoms with Crippen molar-refractivity contribution in [1.82, 2.24) is 10.3 Å². The van der Waals surface area contributed by atoms with Gasteiger partial charge in [-0.25, -0.2) is 4.98 Å². The summed E-state index contributed by atoms with van der Waals surface area (Å²) in [6.45, 7) is 4.19. The summed E-state index contributed by atoms with van der Waals surface area (Å²) in [4.78, 5) is 26.5. The molecular formula is C13H19N3O4. The predicted molar refractivity (Wildman–Crippen MR) is 72.4 cm³/mol. The van der Waals surface area contributed by atoms with E-state index in [1.165, 1.54) is 12.3 Å². The van der Waals surface area contributed by atoms with Crippen LogP contribution in [0.2, 0.25) is 0 Å². The first kappa shape index (κ1) is 15.9. The highest BCUT2D eigenvalue weighted by Crippen LogP contribution is 2.28. The number of amides is 2. The summed E-state index contributed by atoms with van der Waals surface area (Å²) in [7, 11) is 0. The number of nitrogens with zero attached hydrogens (tertiary/aromatic N) is 1. The van der Waals surface area contributed by atoms with E-state index < -0.39 is 17.6 Å². The van der Waals surface area contributed by atoms with Crippen LogP contribution in [0.5, 0.6) is 11.5 Å². The number of imide groups is 1. The first-order valence-electron chi connectivity index (χ1n) is 6.30. The number of rotatable bonds is 6. The average molecular weight is 281 g/mol. The molecule has 0 unspecified atom stereocenters. The molecule has 7 nitrogen and oxygen atoms in total. The van der Waals surface area contributed by atoms with Gasteiger partial charge in [-0.1, -0.05) is 13.8 Å². The summed E-state index contributed by atoms with van der Waals surface area (Å²) in [6, 6.07) is 1.46. The standard InChI is InChI=1S/C13H19N3O4/c1-8(2)4-6-20-9-3-5-15-11(12(9)18)13(19)16-10(17)7-14/h3,5,8,18H,4,6-7,14H2,1-2H3,(H,16,17,19). The Morgan fingerprint density at radius 1 is 1.50 bits per heavy atom. The molecule has 0 aromatic carbocycles. The molecular weight excluding hydrogens is 262 g/mol. The summed E-state index contributed by atoms with van der Waals surface area (Å²) in [5.41, 5.74) is 4.82. The van der Waals surface area contributed by atoms with Crippen molar-refractivity contribution < 1.29 is 19.4 Å². The van der Waals surface area contributed by atoms with Crippen molar-refractivity contribution in [1.29, 1.82) is 0 Å². The zero-order valence-electron chi connectivity index (χ0n) is 11.5. The fraction of sp³-hybridized carbons (Fsp3) is 0.462. The summed E-state index contributed by atoms with van der Waals surface area (Å²) in [5, 5.41) is 11.9. The van der Waals surface area contributed by atoms with Gasteiger partial charge in [-0.05, 0) is 12.3 Å². The Morgan fingerprint density at radius 2 is 2.20 bits per heavy atom. The van der Waals surface area contributed by atoms with Crippen molar-refractivity contribution >= 4 is 11.8 Å². The van der Waals surface area contributed by atoms with Crippen LogP contribution in [0, 0.1) is 5.92 Å². The minimum atomic E-state index is -0.813. The largest absolute Gasteiger partial charge is 0.503 e. The molecule has 1 aromatic rings. The fourth-order valence-corrected chi connectivity index (χ4v) is 1.36. The molecule has 0 fully saturated rings. The number of carbonyl (C=O) groups excluding carboxylic acids is 2. The number of aromatic hydroxyl groups is 1. The SMILES string of the molecule is CC(C)CCOc1ccnc(C(=O)NC(=O)CN)c1O. The first-order valence-corrected chi connectivity index (χ1v) is 6.30. The van der Waals surface area contributed by atoms with Crippen LogP contribution in [0.15, 0.2) is 12.3 Å². The molecule has 4 N–H and O–H groups in total. The fourth-order valence-electron chi connectivity index (χ4n) is 1.36. The lowest BCUT2D eigenvalue weighted by atomic mass is 10.1. The van der Waals surface area contributed by atoms with Gasteiger partial charge in [0.1, 0.15) is 0 Å².